The minimum Gasteiger partial charge on any atom is -0.482 e. The number of rotatable bonds is 3. The van der Waals surface area contributed by atoms with Crippen molar-refractivity contribution in [3.8, 4) is 5.88 Å². The number of nitrogens with zero attached hydrogens (tertiary/aromatic N) is 3. The topological polar surface area (TPSA) is 29.8 Å². The Morgan fingerprint density at radius 2 is 2.33 bits per heavy atom. The van der Waals surface area contributed by atoms with Gasteiger partial charge in [-0.3, -0.25) is 4.40 Å². The van der Waals surface area contributed by atoms with E-state index in [4.69, 9.17) is 9.72 Å². The number of ether oxygens (including phenoxy) is 1. The Morgan fingerprint density at radius 3 is 3.06 bits per heavy atom. The van der Waals surface area contributed by atoms with Gasteiger partial charge in [0.2, 0.25) is 0 Å². The molecule has 3 heterocycles. The van der Waals surface area contributed by atoms with E-state index in [2.05, 4.69) is 18.0 Å². The molecule has 1 saturated heterocycles. The number of likely N-dealkylation sites (tertiary alicyclic amines) is 1. The Bertz CT molecular complexity index is 549. The lowest BCUT2D eigenvalue weighted by Crippen LogP contribution is -2.19. The Balaban J connectivity index is 1.94. The highest BCUT2D eigenvalue weighted by atomic mass is 16.5. The summed E-state index contributed by atoms with van der Waals surface area (Å²) in [4.78, 5) is 7.21. The van der Waals surface area contributed by atoms with Crippen molar-refractivity contribution in [3.63, 3.8) is 0 Å². The van der Waals surface area contributed by atoms with E-state index in [0.29, 0.717) is 5.92 Å². The van der Waals surface area contributed by atoms with Crippen LogP contribution in [0.4, 0.5) is 0 Å². The largest absolute Gasteiger partial charge is 0.482 e. The molecule has 4 nitrogen and oxygen atoms in total. The zero-order chi connectivity index (χ0) is 12.5. The molecule has 0 aromatic carbocycles. The second kappa shape index (κ2) is 4.61. The van der Waals surface area contributed by atoms with Crippen LogP contribution in [-0.2, 0) is 0 Å². The number of methoxy groups -OCH3 is 1. The fourth-order valence-corrected chi connectivity index (χ4v) is 2.73. The van der Waals surface area contributed by atoms with Crippen molar-refractivity contribution < 1.29 is 4.74 Å². The Labute approximate surface area is 107 Å². The van der Waals surface area contributed by atoms with E-state index in [-0.39, 0.29) is 0 Å². The molecule has 0 N–H and O–H groups in total. The SMILES string of the molecule is CCN1CCC(c2cn3c(OC)cccc3n2)C1. The molecule has 3 rings (SSSR count). The molecule has 1 aliphatic heterocycles. The van der Waals surface area contributed by atoms with E-state index in [0.717, 1.165) is 24.6 Å². The van der Waals surface area contributed by atoms with Crippen molar-refractivity contribution in [3.05, 3.63) is 30.1 Å². The highest BCUT2D eigenvalue weighted by molar-refractivity contribution is 5.44. The molecular formula is C14H19N3O. The number of fused-ring (bicyclic) bond motifs is 1. The molecule has 0 bridgehead atoms. The zero-order valence-electron chi connectivity index (χ0n) is 11.0. The standard InChI is InChI=1S/C14H19N3O/c1-3-16-8-7-11(9-16)12-10-17-13(15-12)5-4-6-14(17)18-2/h4-6,10-11H,3,7-9H2,1-2H3. The third-order valence-corrected chi connectivity index (χ3v) is 3.82. The number of hydrogen-bond acceptors (Lipinski definition) is 3. The maximum atomic E-state index is 5.36. The van der Waals surface area contributed by atoms with E-state index in [9.17, 15) is 0 Å². The van der Waals surface area contributed by atoms with Crippen molar-refractivity contribution in [2.45, 2.75) is 19.3 Å². The lowest BCUT2D eigenvalue weighted by Gasteiger charge is -2.11. The Kier molecular flexibility index (Phi) is 2.96. The summed E-state index contributed by atoms with van der Waals surface area (Å²) in [5, 5.41) is 0. The van der Waals surface area contributed by atoms with Crippen molar-refractivity contribution in [1.29, 1.82) is 0 Å². The van der Waals surface area contributed by atoms with Crippen molar-refractivity contribution in [2.75, 3.05) is 26.7 Å². The van der Waals surface area contributed by atoms with Gasteiger partial charge in [0.15, 0.2) is 5.88 Å². The van der Waals surface area contributed by atoms with Gasteiger partial charge in [-0.05, 0) is 31.6 Å². The third-order valence-electron chi connectivity index (χ3n) is 3.82. The molecule has 0 saturated carbocycles. The predicted molar refractivity (Wildman–Crippen MR) is 71.2 cm³/mol. The van der Waals surface area contributed by atoms with Gasteiger partial charge in [0.25, 0.3) is 0 Å². The van der Waals surface area contributed by atoms with Crippen LogP contribution in [0, 0.1) is 0 Å². The maximum Gasteiger partial charge on any atom is 0.198 e. The average molecular weight is 245 g/mol. The summed E-state index contributed by atoms with van der Waals surface area (Å²) in [5.41, 5.74) is 2.16. The van der Waals surface area contributed by atoms with Crippen LogP contribution in [0.25, 0.3) is 5.65 Å². The van der Waals surface area contributed by atoms with Crippen molar-refractivity contribution >= 4 is 5.65 Å². The molecule has 1 unspecified atom stereocenters. The molecular weight excluding hydrogens is 226 g/mol. The second-order valence-electron chi connectivity index (χ2n) is 4.84. The first kappa shape index (κ1) is 11.5. The van der Waals surface area contributed by atoms with Gasteiger partial charge in [0.1, 0.15) is 5.65 Å². The minimum absolute atomic E-state index is 0.564. The quantitative estimate of drug-likeness (QED) is 0.830. The van der Waals surface area contributed by atoms with Crippen LogP contribution < -0.4 is 4.74 Å². The molecule has 18 heavy (non-hydrogen) atoms. The van der Waals surface area contributed by atoms with Gasteiger partial charge in [-0.2, -0.15) is 0 Å². The number of imidazole rings is 1. The molecule has 2 aromatic heterocycles. The Morgan fingerprint density at radius 1 is 1.44 bits per heavy atom. The third kappa shape index (κ3) is 1.86. The first-order chi connectivity index (χ1) is 8.81. The number of hydrogen-bond donors (Lipinski definition) is 0. The minimum atomic E-state index is 0.564. The molecule has 1 aliphatic rings. The highest BCUT2D eigenvalue weighted by Gasteiger charge is 2.24. The van der Waals surface area contributed by atoms with E-state index >= 15 is 0 Å². The highest BCUT2D eigenvalue weighted by Crippen LogP contribution is 2.27. The normalized spacial score (nSPS) is 20.7. The number of pyridine rings is 1. The van der Waals surface area contributed by atoms with Crippen molar-refractivity contribution in [2.24, 2.45) is 0 Å². The van der Waals surface area contributed by atoms with E-state index in [1.165, 1.54) is 18.7 Å². The summed E-state index contributed by atoms with van der Waals surface area (Å²) in [6.07, 6.45) is 3.33. The molecule has 4 heteroatoms. The number of aromatic nitrogens is 2. The van der Waals surface area contributed by atoms with Gasteiger partial charge in [-0.25, -0.2) is 4.98 Å². The number of likely N-dealkylation sites (N-methyl/N-ethyl adjacent to an activating group) is 1. The van der Waals surface area contributed by atoms with Gasteiger partial charge in [-0.1, -0.05) is 13.0 Å². The van der Waals surface area contributed by atoms with Crippen LogP contribution in [0.1, 0.15) is 25.0 Å². The van der Waals surface area contributed by atoms with Gasteiger partial charge < -0.3 is 9.64 Å². The van der Waals surface area contributed by atoms with E-state index < -0.39 is 0 Å². The summed E-state index contributed by atoms with van der Waals surface area (Å²) in [7, 11) is 1.70. The zero-order valence-corrected chi connectivity index (χ0v) is 11.0. The fourth-order valence-electron chi connectivity index (χ4n) is 2.73. The maximum absolute atomic E-state index is 5.36. The Hall–Kier alpha value is -1.55. The molecule has 2 aromatic rings. The first-order valence-corrected chi connectivity index (χ1v) is 6.56. The van der Waals surface area contributed by atoms with Crippen LogP contribution in [0.2, 0.25) is 0 Å². The van der Waals surface area contributed by atoms with Gasteiger partial charge in [0.05, 0.1) is 12.8 Å². The summed E-state index contributed by atoms with van der Waals surface area (Å²) in [6.45, 7) is 5.66. The molecule has 96 valence electrons. The molecule has 0 aliphatic carbocycles. The van der Waals surface area contributed by atoms with E-state index in [1.807, 2.05) is 22.6 Å². The molecule has 1 fully saturated rings. The fraction of sp³-hybridized carbons (Fsp3) is 0.500. The van der Waals surface area contributed by atoms with Crippen LogP contribution in [0.5, 0.6) is 5.88 Å². The molecule has 0 amide bonds. The lowest BCUT2D eigenvalue weighted by atomic mass is 10.1. The van der Waals surface area contributed by atoms with Crippen molar-refractivity contribution in [1.82, 2.24) is 14.3 Å². The summed E-state index contributed by atoms with van der Waals surface area (Å²) < 4.78 is 7.39. The lowest BCUT2D eigenvalue weighted by molar-refractivity contribution is 0.353. The first-order valence-electron chi connectivity index (χ1n) is 6.56. The summed E-state index contributed by atoms with van der Waals surface area (Å²) in [5.74, 6) is 1.41. The second-order valence-corrected chi connectivity index (χ2v) is 4.84. The molecule has 1 atom stereocenters. The molecule has 0 spiro atoms. The summed E-state index contributed by atoms with van der Waals surface area (Å²) >= 11 is 0. The van der Waals surface area contributed by atoms with Crippen LogP contribution >= 0.6 is 0 Å². The van der Waals surface area contributed by atoms with Gasteiger partial charge in [0, 0.05) is 18.7 Å². The average Bonchev–Trinajstić information content (AvgIpc) is 3.03. The van der Waals surface area contributed by atoms with Crippen LogP contribution in [0.3, 0.4) is 0 Å². The van der Waals surface area contributed by atoms with Gasteiger partial charge in [-0.15, -0.1) is 0 Å². The van der Waals surface area contributed by atoms with Gasteiger partial charge >= 0.3 is 0 Å². The monoisotopic (exact) mass is 245 g/mol. The molecule has 0 radical (unpaired) electrons. The predicted octanol–water partition coefficient (Wildman–Crippen LogP) is 2.15. The van der Waals surface area contributed by atoms with Crippen LogP contribution in [-0.4, -0.2) is 41.0 Å². The smallest absolute Gasteiger partial charge is 0.198 e. The van der Waals surface area contributed by atoms with Crippen LogP contribution in [0.15, 0.2) is 24.4 Å². The summed E-state index contributed by atoms with van der Waals surface area (Å²) in [6, 6.07) is 5.97. The van der Waals surface area contributed by atoms with E-state index in [1.54, 1.807) is 7.11 Å².